The van der Waals surface area contributed by atoms with Crippen molar-refractivity contribution >= 4 is 11.8 Å². The summed E-state index contributed by atoms with van der Waals surface area (Å²) in [6, 6.07) is 8.65. The van der Waals surface area contributed by atoms with E-state index >= 15 is 0 Å². The Balaban J connectivity index is 1.68. The SMILES string of the molecule is CCc1ccc(CN2C(=O)CC[C@]2(C)C(=O)NC2CCCCCCC2)cc1. The van der Waals surface area contributed by atoms with Gasteiger partial charge in [0, 0.05) is 19.0 Å². The molecule has 0 aromatic heterocycles. The highest BCUT2D eigenvalue weighted by atomic mass is 16.2. The highest BCUT2D eigenvalue weighted by molar-refractivity contribution is 5.94. The van der Waals surface area contributed by atoms with Crippen molar-refractivity contribution in [2.24, 2.45) is 0 Å². The summed E-state index contributed by atoms with van der Waals surface area (Å²) in [5.74, 6) is 0.119. The summed E-state index contributed by atoms with van der Waals surface area (Å²) in [6.07, 6.45) is 10.4. The Labute approximate surface area is 163 Å². The number of amides is 2. The molecule has 1 heterocycles. The fraction of sp³-hybridized carbons (Fsp3) is 0.652. The van der Waals surface area contributed by atoms with Crippen molar-refractivity contribution in [3.8, 4) is 0 Å². The van der Waals surface area contributed by atoms with Crippen LogP contribution in [0, 0.1) is 0 Å². The van der Waals surface area contributed by atoms with E-state index in [-0.39, 0.29) is 17.9 Å². The monoisotopic (exact) mass is 370 g/mol. The van der Waals surface area contributed by atoms with Gasteiger partial charge in [-0.3, -0.25) is 9.59 Å². The van der Waals surface area contributed by atoms with Crippen LogP contribution >= 0.6 is 0 Å². The zero-order chi connectivity index (χ0) is 19.3. The van der Waals surface area contributed by atoms with Gasteiger partial charge in [0.25, 0.3) is 0 Å². The minimum Gasteiger partial charge on any atom is -0.351 e. The van der Waals surface area contributed by atoms with Crippen LogP contribution in [0.4, 0.5) is 0 Å². The van der Waals surface area contributed by atoms with E-state index in [0.29, 0.717) is 19.4 Å². The number of rotatable bonds is 5. The first-order chi connectivity index (χ1) is 13.0. The van der Waals surface area contributed by atoms with E-state index < -0.39 is 5.54 Å². The van der Waals surface area contributed by atoms with Crippen LogP contribution in [-0.2, 0) is 22.6 Å². The molecule has 2 amide bonds. The molecule has 0 unspecified atom stereocenters. The highest BCUT2D eigenvalue weighted by Crippen LogP contribution is 2.32. The van der Waals surface area contributed by atoms with Crippen molar-refractivity contribution in [2.45, 2.75) is 96.2 Å². The first-order valence-corrected chi connectivity index (χ1v) is 10.7. The largest absolute Gasteiger partial charge is 0.351 e. The third-order valence-corrected chi connectivity index (χ3v) is 6.42. The second-order valence-electron chi connectivity index (χ2n) is 8.44. The second-order valence-corrected chi connectivity index (χ2v) is 8.44. The van der Waals surface area contributed by atoms with Crippen LogP contribution in [0.3, 0.4) is 0 Å². The predicted molar refractivity (Wildman–Crippen MR) is 108 cm³/mol. The van der Waals surface area contributed by atoms with E-state index in [1.165, 1.54) is 37.7 Å². The van der Waals surface area contributed by atoms with Crippen LogP contribution in [-0.4, -0.2) is 28.3 Å². The zero-order valence-corrected chi connectivity index (χ0v) is 16.9. The van der Waals surface area contributed by atoms with Crippen molar-refractivity contribution in [1.29, 1.82) is 0 Å². The summed E-state index contributed by atoms with van der Waals surface area (Å²) in [6.45, 7) is 4.59. The summed E-state index contributed by atoms with van der Waals surface area (Å²) in [7, 11) is 0. The van der Waals surface area contributed by atoms with E-state index in [0.717, 1.165) is 24.8 Å². The lowest BCUT2D eigenvalue weighted by molar-refractivity contribution is -0.141. The molecule has 1 saturated carbocycles. The predicted octanol–water partition coefficient (Wildman–Crippen LogP) is 4.36. The van der Waals surface area contributed by atoms with Gasteiger partial charge in [0.05, 0.1) is 0 Å². The van der Waals surface area contributed by atoms with Crippen molar-refractivity contribution < 1.29 is 9.59 Å². The van der Waals surface area contributed by atoms with Gasteiger partial charge < -0.3 is 10.2 Å². The lowest BCUT2D eigenvalue weighted by atomic mass is 9.93. The molecule has 148 valence electrons. The van der Waals surface area contributed by atoms with E-state index in [1.807, 2.05) is 6.92 Å². The molecule has 2 aliphatic rings. The maximum absolute atomic E-state index is 13.2. The molecule has 0 radical (unpaired) electrons. The Hall–Kier alpha value is -1.84. The van der Waals surface area contributed by atoms with Crippen LogP contribution in [0.2, 0.25) is 0 Å². The van der Waals surface area contributed by atoms with Crippen LogP contribution < -0.4 is 5.32 Å². The molecule has 1 aliphatic heterocycles. The number of carbonyl (C=O) groups is 2. The fourth-order valence-electron chi connectivity index (χ4n) is 4.40. The van der Waals surface area contributed by atoms with Crippen molar-refractivity contribution in [2.75, 3.05) is 0 Å². The molecule has 0 bridgehead atoms. The van der Waals surface area contributed by atoms with Gasteiger partial charge in [0.1, 0.15) is 5.54 Å². The van der Waals surface area contributed by atoms with E-state index in [2.05, 4.69) is 36.5 Å². The number of nitrogens with one attached hydrogen (secondary N) is 1. The number of likely N-dealkylation sites (tertiary alicyclic amines) is 1. The second kappa shape index (κ2) is 8.90. The minimum absolute atomic E-state index is 0.0316. The molecule has 1 aliphatic carbocycles. The Morgan fingerprint density at radius 3 is 2.30 bits per heavy atom. The number of nitrogens with zero attached hydrogens (tertiary/aromatic N) is 1. The molecule has 1 aromatic carbocycles. The third kappa shape index (κ3) is 4.72. The smallest absolute Gasteiger partial charge is 0.245 e. The summed E-state index contributed by atoms with van der Waals surface area (Å²) >= 11 is 0. The van der Waals surface area contributed by atoms with Crippen LogP contribution in [0.1, 0.15) is 82.8 Å². The number of aryl methyl sites for hydroxylation is 1. The van der Waals surface area contributed by atoms with Crippen LogP contribution in [0.25, 0.3) is 0 Å². The zero-order valence-electron chi connectivity index (χ0n) is 16.9. The Morgan fingerprint density at radius 1 is 1.07 bits per heavy atom. The average molecular weight is 371 g/mol. The summed E-state index contributed by atoms with van der Waals surface area (Å²) in [5.41, 5.74) is 1.65. The summed E-state index contributed by atoms with van der Waals surface area (Å²) in [4.78, 5) is 27.5. The summed E-state index contributed by atoms with van der Waals surface area (Å²) in [5, 5.41) is 3.29. The van der Waals surface area contributed by atoms with Crippen molar-refractivity contribution in [1.82, 2.24) is 10.2 Å². The molecule has 0 spiro atoms. The molecule has 4 nitrogen and oxygen atoms in total. The number of hydrogen-bond acceptors (Lipinski definition) is 2. The molecule has 27 heavy (non-hydrogen) atoms. The maximum atomic E-state index is 13.2. The Kier molecular flexibility index (Phi) is 6.56. The van der Waals surface area contributed by atoms with Crippen LogP contribution in [0.5, 0.6) is 0 Å². The lowest BCUT2D eigenvalue weighted by Gasteiger charge is -2.35. The van der Waals surface area contributed by atoms with E-state index in [4.69, 9.17) is 0 Å². The van der Waals surface area contributed by atoms with Crippen molar-refractivity contribution in [3.05, 3.63) is 35.4 Å². The fourth-order valence-corrected chi connectivity index (χ4v) is 4.40. The first kappa shape index (κ1) is 19.9. The summed E-state index contributed by atoms with van der Waals surface area (Å²) < 4.78 is 0. The first-order valence-electron chi connectivity index (χ1n) is 10.7. The molecule has 1 atom stereocenters. The molecule has 3 rings (SSSR count). The van der Waals surface area contributed by atoms with Crippen molar-refractivity contribution in [3.63, 3.8) is 0 Å². The Bertz CT molecular complexity index is 647. The Morgan fingerprint density at radius 2 is 1.67 bits per heavy atom. The molecule has 1 aromatic rings. The lowest BCUT2D eigenvalue weighted by Crippen LogP contribution is -2.56. The number of hydrogen-bond donors (Lipinski definition) is 1. The van der Waals surface area contributed by atoms with Crippen LogP contribution in [0.15, 0.2) is 24.3 Å². The van der Waals surface area contributed by atoms with Gasteiger partial charge in [-0.1, -0.05) is 63.3 Å². The molecular formula is C23H34N2O2. The van der Waals surface area contributed by atoms with Gasteiger partial charge in [0.2, 0.25) is 11.8 Å². The third-order valence-electron chi connectivity index (χ3n) is 6.42. The molecule has 1 N–H and O–H groups in total. The topological polar surface area (TPSA) is 49.4 Å². The molecule has 1 saturated heterocycles. The van der Waals surface area contributed by atoms with E-state index in [1.54, 1.807) is 4.90 Å². The molecule has 2 fully saturated rings. The highest BCUT2D eigenvalue weighted by Gasteiger charge is 2.47. The number of carbonyl (C=O) groups excluding carboxylic acids is 2. The normalized spacial score (nSPS) is 24.5. The van der Waals surface area contributed by atoms with Gasteiger partial charge in [-0.25, -0.2) is 0 Å². The maximum Gasteiger partial charge on any atom is 0.245 e. The van der Waals surface area contributed by atoms with Gasteiger partial charge in [-0.05, 0) is 43.7 Å². The average Bonchev–Trinajstić information content (AvgIpc) is 2.94. The van der Waals surface area contributed by atoms with Gasteiger partial charge in [0.15, 0.2) is 0 Å². The van der Waals surface area contributed by atoms with Gasteiger partial charge >= 0.3 is 0 Å². The van der Waals surface area contributed by atoms with Gasteiger partial charge in [-0.2, -0.15) is 0 Å². The van der Waals surface area contributed by atoms with Gasteiger partial charge in [-0.15, -0.1) is 0 Å². The molecule has 4 heteroatoms. The quantitative estimate of drug-likeness (QED) is 0.837. The minimum atomic E-state index is -0.733. The van der Waals surface area contributed by atoms with E-state index in [9.17, 15) is 9.59 Å². The standard InChI is InChI=1S/C23H34N2O2/c1-3-18-11-13-19(14-12-18)17-25-21(26)15-16-23(25,2)22(27)24-20-9-7-5-4-6-8-10-20/h11-14,20H,3-10,15-17H2,1-2H3,(H,24,27)/t23-/m1/s1. The molecular weight excluding hydrogens is 336 g/mol. The number of benzene rings is 1.